The van der Waals surface area contributed by atoms with E-state index in [1.807, 2.05) is 18.2 Å². The zero-order valence-electron chi connectivity index (χ0n) is 9.98. The van der Waals surface area contributed by atoms with Crippen molar-refractivity contribution >= 4 is 34.8 Å². The molecule has 0 nitrogen and oxygen atoms in total. The molecule has 3 heteroatoms. The second kappa shape index (κ2) is 5.38. The number of rotatable bonds is 2. The Bertz CT molecular complexity index is 394. The van der Waals surface area contributed by atoms with Crippen molar-refractivity contribution in [2.45, 2.75) is 44.4 Å². The molecule has 0 aromatic heterocycles. The van der Waals surface area contributed by atoms with Gasteiger partial charge in [0.2, 0.25) is 0 Å². The largest absolute Gasteiger partial charge is 0.117 e. The summed E-state index contributed by atoms with van der Waals surface area (Å²) >= 11 is 18.6. The van der Waals surface area contributed by atoms with Crippen molar-refractivity contribution in [3.63, 3.8) is 0 Å². The Kier molecular flexibility index (Phi) is 4.28. The fourth-order valence-electron chi connectivity index (χ4n) is 2.69. The van der Waals surface area contributed by atoms with E-state index in [9.17, 15) is 0 Å². The molecule has 1 aliphatic rings. The maximum absolute atomic E-state index is 6.65. The standard InChI is InChI=1S/C14H17Cl3/c1-14(7-3-2-4-8-14)13(17)10-5-6-11(15)12(16)9-10/h5-6,9,13H,2-4,7-8H2,1H3. The summed E-state index contributed by atoms with van der Waals surface area (Å²) in [5.74, 6) is 0. The first-order valence-electron chi connectivity index (χ1n) is 6.12. The molecule has 1 atom stereocenters. The summed E-state index contributed by atoms with van der Waals surface area (Å²) in [6, 6.07) is 5.73. The summed E-state index contributed by atoms with van der Waals surface area (Å²) in [6.45, 7) is 2.28. The molecule has 0 radical (unpaired) electrons. The van der Waals surface area contributed by atoms with Crippen LogP contribution in [0.25, 0.3) is 0 Å². The second-order valence-corrected chi connectivity index (χ2v) is 6.50. The minimum Gasteiger partial charge on any atom is -0.117 e. The molecule has 94 valence electrons. The van der Waals surface area contributed by atoms with Crippen LogP contribution in [0.1, 0.15) is 50.0 Å². The molecule has 0 heterocycles. The lowest BCUT2D eigenvalue weighted by Crippen LogP contribution is -2.25. The molecule has 0 amide bonds. The minimum atomic E-state index is 0.0255. The van der Waals surface area contributed by atoms with Crippen LogP contribution in [0.3, 0.4) is 0 Å². The lowest BCUT2D eigenvalue weighted by molar-refractivity contribution is 0.206. The van der Waals surface area contributed by atoms with Gasteiger partial charge >= 0.3 is 0 Å². The first-order chi connectivity index (χ1) is 8.03. The first-order valence-corrected chi connectivity index (χ1v) is 7.31. The highest BCUT2D eigenvalue weighted by Gasteiger charge is 2.35. The van der Waals surface area contributed by atoms with Crippen LogP contribution in [0.5, 0.6) is 0 Å². The van der Waals surface area contributed by atoms with Crippen LogP contribution in [-0.4, -0.2) is 0 Å². The van der Waals surface area contributed by atoms with Gasteiger partial charge in [0.15, 0.2) is 0 Å². The molecule has 0 spiro atoms. The maximum atomic E-state index is 6.65. The van der Waals surface area contributed by atoms with Gasteiger partial charge in [-0.05, 0) is 36.0 Å². The van der Waals surface area contributed by atoms with E-state index in [0.717, 1.165) is 5.56 Å². The van der Waals surface area contributed by atoms with Gasteiger partial charge < -0.3 is 0 Å². The summed E-state index contributed by atoms with van der Waals surface area (Å²) in [4.78, 5) is 0. The molecular formula is C14H17Cl3. The van der Waals surface area contributed by atoms with Crippen molar-refractivity contribution in [1.82, 2.24) is 0 Å². The number of hydrogen-bond donors (Lipinski definition) is 0. The number of alkyl halides is 1. The lowest BCUT2D eigenvalue weighted by Gasteiger charge is -2.38. The lowest BCUT2D eigenvalue weighted by atomic mass is 9.71. The third-order valence-corrected chi connectivity index (χ3v) is 5.36. The number of halogens is 3. The third-order valence-electron chi connectivity index (χ3n) is 3.84. The Morgan fingerprint density at radius 3 is 2.29 bits per heavy atom. The van der Waals surface area contributed by atoms with E-state index in [1.165, 1.54) is 32.1 Å². The zero-order valence-corrected chi connectivity index (χ0v) is 12.2. The summed E-state index contributed by atoms with van der Waals surface area (Å²) in [5, 5.41) is 1.21. The van der Waals surface area contributed by atoms with Crippen molar-refractivity contribution in [2.75, 3.05) is 0 Å². The van der Waals surface area contributed by atoms with E-state index in [0.29, 0.717) is 10.0 Å². The van der Waals surface area contributed by atoms with Crippen molar-refractivity contribution < 1.29 is 0 Å². The van der Waals surface area contributed by atoms with Crippen LogP contribution in [0.4, 0.5) is 0 Å². The van der Waals surface area contributed by atoms with E-state index in [2.05, 4.69) is 6.92 Å². The molecule has 1 aliphatic carbocycles. The minimum absolute atomic E-state index is 0.0255. The first kappa shape index (κ1) is 13.5. The highest BCUT2D eigenvalue weighted by atomic mass is 35.5. The predicted molar refractivity (Wildman–Crippen MR) is 76.2 cm³/mol. The molecule has 17 heavy (non-hydrogen) atoms. The van der Waals surface area contributed by atoms with Crippen LogP contribution in [0.2, 0.25) is 10.0 Å². The molecule has 0 saturated heterocycles. The summed E-state index contributed by atoms with van der Waals surface area (Å²) in [7, 11) is 0. The van der Waals surface area contributed by atoms with Gasteiger partial charge in [-0.1, -0.05) is 55.5 Å². The molecule has 1 aromatic rings. The molecule has 1 unspecified atom stereocenters. The molecule has 1 fully saturated rings. The van der Waals surface area contributed by atoms with E-state index < -0.39 is 0 Å². The van der Waals surface area contributed by atoms with Gasteiger partial charge in [0, 0.05) is 0 Å². The SMILES string of the molecule is CC1(C(Cl)c2ccc(Cl)c(Cl)c2)CCCCC1. The Labute approximate surface area is 118 Å². The van der Waals surface area contributed by atoms with Gasteiger partial charge in [-0.15, -0.1) is 11.6 Å². The molecule has 2 rings (SSSR count). The highest BCUT2D eigenvalue weighted by Crippen LogP contribution is 2.49. The molecular weight excluding hydrogens is 275 g/mol. The Morgan fingerprint density at radius 1 is 1.06 bits per heavy atom. The Balaban J connectivity index is 2.23. The fourth-order valence-corrected chi connectivity index (χ4v) is 3.35. The van der Waals surface area contributed by atoms with Crippen molar-refractivity contribution in [3.05, 3.63) is 33.8 Å². The van der Waals surface area contributed by atoms with Gasteiger partial charge in [0.1, 0.15) is 0 Å². The van der Waals surface area contributed by atoms with E-state index in [4.69, 9.17) is 34.8 Å². The normalized spacial score (nSPS) is 21.2. The topological polar surface area (TPSA) is 0 Å². The fraction of sp³-hybridized carbons (Fsp3) is 0.571. The van der Waals surface area contributed by atoms with E-state index in [-0.39, 0.29) is 10.8 Å². The van der Waals surface area contributed by atoms with Gasteiger partial charge in [0.25, 0.3) is 0 Å². The molecule has 1 saturated carbocycles. The van der Waals surface area contributed by atoms with Gasteiger partial charge in [-0.3, -0.25) is 0 Å². The summed E-state index contributed by atoms with van der Waals surface area (Å²) in [6.07, 6.45) is 6.28. The van der Waals surface area contributed by atoms with Crippen molar-refractivity contribution in [2.24, 2.45) is 5.41 Å². The quantitative estimate of drug-likeness (QED) is 0.565. The third kappa shape index (κ3) is 2.92. The highest BCUT2D eigenvalue weighted by molar-refractivity contribution is 6.42. The van der Waals surface area contributed by atoms with Gasteiger partial charge in [-0.25, -0.2) is 0 Å². The molecule has 0 bridgehead atoms. The predicted octanol–water partition coefficient (Wildman–Crippen LogP) is 6.24. The van der Waals surface area contributed by atoms with Crippen molar-refractivity contribution in [1.29, 1.82) is 0 Å². The average molecular weight is 292 g/mol. The van der Waals surface area contributed by atoms with Crippen LogP contribution in [-0.2, 0) is 0 Å². The smallest absolute Gasteiger partial charge is 0.0639 e. The van der Waals surface area contributed by atoms with Crippen LogP contribution in [0.15, 0.2) is 18.2 Å². The van der Waals surface area contributed by atoms with E-state index >= 15 is 0 Å². The number of hydrogen-bond acceptors (Lipinski definition) is 0. The monoisotopic (exact) mass is 290 g/mol. The molecule has 0 aliphatic heterocycles. The van der Waals surface area contributed by atoms with Crippen molar-refractivity contribution in [3.8, 4) is 0 Å². The van der Waals surface area contributed by atoms with E-state index in [1.54, 1.807) is 0 Å². The van der Waals surface area contributed by atoms with Gasteiger partial charge in [0.05, 0.1) is 15.4 Å². The second-order valence-electron chi connectivity index (χ2n) is 5.25. The molecule has 0 N–H and O–H groups in total. The van der Waals surface area contributed by atoms with Gasteiger partial charge in [-0.2, -0.15) is 0 Å². The van der Waals surface area contributed by atoms with Crippen LogP contribution < -0.4 is 0 Å². The van der Waals surface area contributed by atoms with Crippen LogP contribution >= 0.6 is 34.8 Å². The maximum Gasteiger partial charge on any atom is 0.0639 e. The Morgan fingerprint density at radius 2 is 1.71 bits per heavy atom. The zero-order chi connectivity index (χ0) is 12.5. The number of benzene rings is 1. The average Bonchev–Trinajstić information content (AvgIpc) is 2.33. The Hall–Kier alpha value is 0.0900. The summed E-state index contributed by atoms with van der Waals surface area (Å²) in [5.41, 5.74) is 1.28. The molecule has 1 aromatic carbocycles. The summed E-state index contributed by atoms with van der Waals surface area (Å²) < 4.78 is 0. The van der Waals surface area contributed by atoms with Crippen LogP contribution in [0, 0.1) is 5.41 Å².